The van der Waals surface area contributed by atoms with E-state index in [1.165, 1.54) is 0 Å². The lowest BCUT2D eigenvalue weighted by Gasteiger charge is -2.15. The SMILES string of the molecule is CC(C)C(C)C(=O)Nc1ccc(CC(N)=NO)cc1. The number of nitrogens with two attached hydrogens (primary N) is 1. The van der Waals surface area contributed by atoms with Crippen molar-refractivity contribution in [3.05, 3.63) is 29.8 Å². The minimum absolute atomic E-state index is 0.0131. The maximum atomic E-state index is 11.9. The molecule has 1 rings (SSSR count). The quantitative estimate of drug-likeness (QED) is 0.329. The molecule has 1 atom stereocenters. The molecule has 0 saturated carbocycles. The van der Waals surface area contributed by atoms with E-state index in [2.05, 4.69) is 10.5 Å². The number of nitrogens with one attached hydrogen (secondary N) is 1. The molecule has 5 nitrogen and oxygen atoms in total. The normalized spacial score (nSPS) is 13.4. The maximum Gasteiger partial charge on any atom is 0.227 e. The minimum Gasteiger partial charge on any atom is -0.409 e. The third-order valence-corrected chi connectivity index (χ3v) is 3.15. The predicted octanol–water partition coefficient (Wildman–Crippen LogP) is 2.21. The van der Waals surface area contributed by atoms with Crippen LogP contribution in [0.2, 0.25) is 0 Å². The van der Waals surface area contributed by atoms with Gasteiger partial charge >= 0.3 is 0 Å². The standard InChI is InChI=1S/C14H21N3O2/c1-9(2)10(3)14(18)16-12-6-4-11(5-7-12)8-13(15)17-19/h4-7,9-10,19H,8H2,1-3H3,(H2,15,17)(H,16,18). The second kappa shape index (κ2) is 6.78. The molecule has 19 heavy (non-hydrogen) atoms. The summed E-state index contributed by atoms with van der Waals surface area (Å²) >= 11 is 0. The van der Waals surface area contributed by atoms with Gasteiger partial charge in [0, 0.05) is 18.0 Å². The van der Waals surface area contributed by atoms with Gasteiger partial charge in [0.2, 0.25) is 5.91 Å². The number of oxime groups is 1. The number of rotatable bonds is 5. The fourth-order valence-corrected chi connectivity index (χ4v) is 1.51. The lowest BCUT2D eigenvalue weighted by molar-refractivity contribution is -0.120. The molecule has 0 aliphatic carbocycles. The van der Waals surface area contributed by atoms with Crippen LogP contribution in [-0.4, -0.2) is 17.0 Å². The van der Waals surface area contributed by atoms with Crippen molar-refractivity contribution < 1.29 is 10.0 Å². The monoisotopic (exact) mass is 263 g/mol. The van der Waals surface area contributed by atoms with Crippen LogP contribution in [0.15, 0.2) is 29.4 Å². The van der Waals surface area contributed by atoms with Crippen LogP contribution >= 0.6 is 0 Å². The van der Waals surface area contributed by atoms with Crippen molar-refractivity contribution in [2.45, 2.75) is 27.2 Å². The van der Waals surface area contributed by atoms with Crippen LogP contribution in [0.25, 0.3) is 0 Å². The molecule has 0 bridgehead atoms. The Morgan fingerprint density at radius 1 is 1.32 bits per heavy atom. The second-order valence-corrected chi connectivity index (χ2v) is 4.99. The first-order chi connectivity index (χ1) is 8.93. The van der Waals surface area contributed by atoms with Crippen molar-refractivity contribution in [3.8, 4) is 0 Å². The summed E-state index contributed by atoms with van der Waals surface area (Å²) in [4.78, 5) is 11.9. The Labute approximate surface area is 113 Å². The third kappa shape index (κ3) is 4.62. The minimum atomic E-state index is -0.0307. The molecule has 0 heterocycles. The Hall–Kier alpha value is -2.04. The molecule has 0 spiro atoms. The summed E-state index contributed by atoms with van der Waals surface area (Å²) in [5.74, 6) is 0.445. The molecule has 1 unspecified atom stereocenters. The van der Waals surface area contributed by atoms with Gasteiger partial charge in [-0.05, 0) is 23.6 Å². The largest absolute Gasteiger partial charge is 0.409 e. The molecule has 0 fully saturated rings. The number of benzene rings is 1. The molecule has 0 radical (unpaired) electrons. The number of anilines is 1. The van der Waals surface area contributed by atoms with Crippen LogP contribution < -0.4 is 11.1 Å². The molecule has 0 aromatic heterocycles. The van der Waals surface area contributed by atoms with Gasteiger partial charge < -0.3 is 16.3 Å². The van der Waals surface area contributed by atoms with Crippen LogP contribution in [-0.2, 0) is 11.2 Å². The van der Waals surface area contributed by atoms with Crippen LogP contribution in [0, 0.1) is 11.8 Å². The predicted molar refractivity (Wildman–Crippen MR) is 76.2 cm³/mol. The summed E-state index contributed by atoms with van der Waals surface area (Å²) < 4.78 is 0. The molecule has 5 heteroatoms. The van der Waals surface area contributed by atoms with Gasteiger partial charge in [-0.1, -0.05) is 38.1 Å². The van der Waals surface area contributed by atoms with E-state index in [-0.39, 0.29) is 17.7 Å². The number of hydrogen-bond acceptors (Lipinski definition) is 3. The smallest absolute Gasteiger partial charge is 0.227 e. The zero-order valence-electron chi connectivity index (χ0n) is 11.6. The molecule has 4 N–H and O–H groups in total. The third-order valence-electron chi connectivity index (χ3n) is 3.15. The molecular weight excluding hydrogens is 242 g/mol. The maximum absolute atomic E-state index is 11.9. The van der Waals surface area contributed by atoms with Crippen LogP contribution in [0.1, 0.15) is 26.3 Å². The number of hydrogen-bond donors (Lipinski definition) is 3. The van der Waals surface area contributed by atoms with Crippen molar-refractivity contribution in [1.29, 1.82) is 0 Å². The number of amides is 1. The van der Waals surface area contributed by atoms with E-state index >= 15 is 0 Å². The van der Waals surface area contributed by atoms with Crippen molar-refractivity contribution in [2.24, 2.45) is 22.7 Å². The zero-order chi connectivity index (χ0) is 14.4. The van der Waals surface area contributed by atoms with Gasteiger partial charge in [-0.3, -0.25) is 4.79 Å². The van der Waals surface area contributed by atoms with Gasteiger partial charge in [0.1, 0.15) is 5.84 Å². The van der Waals surface area contributed by atoms with E-state index < -0.39 is 0 Å². The van der Waals surface area contributed by atoms with Crippen molar-refractivity contribution in [2.75, 3.05) is 5.32 Å². The summed E-state index contributed by atoms with van der Waals surface area (Å²) in [5.41, 5.74) is 7.10. The lowest BCUT2D eigenvalue weighted by Crippen LogP contribution is -2.24. The highest BCUT2D eigenvalue weighted by Gasteiger charge is 2.16. The summed E-state index contributed by atoms with van der Waals surface area (Å²) in [5, 5.41) is 14.3. The van der Waals surface area contributed by atoms with Gasteiger partial charge in [-0.25, -0.2) is 0 Å². The Balaban J connectivity index is 2.64. The van der Waals surface area contributed by atoms with Gasteiger partial charge in [0.05, 0.1) is 0 Å². The number of carbonyl (C=O) groups excluding carboxylic acids is 1. The summed E-state index contributed by atoms with van der Waals surface area (Å²) in [7, 11) is 0. The Morgan fingerprint density at radius 3 is 2.37 bits per heavy atom. The first-order valence-corrected chi connectivity index (χ1v) is 6.30. The average molecular weight is 263 g/mol. The first kappa shape index (κ1) is 15.0. The lowest BCUT2D eigenvalue weighted by atomic mass is 9.97. The summed E-state index contributed by atoms with van der Waals surface area (Å²) in [6, 6.07) is 7.30. The highest BCUT2D eigenvalue weighted by atomic mass is 16.4. The molecule has 0 aliphatic rings. The Morgan fingerprint density at radius 2 is 1.89 bits per heavy atom. The van der Waals surface area contributed by atoms with Gasteiger partial charge in [-0.2, -0.15) is 0 Å². The Bertz CT molecular complexity index is 452. The number of amidine groups is 1. The van der Waals surface area contributed by atoms with Crippen LogP contribution in [0.3, 0.4) is 0 Å². The van der Waals surface area contributed by atoms with Crippen molar-refractivity contribution in [1.82, 2.24) is 0 Å². The number of nitrogens with zero attached hydrogens (tertiary/aromatic N) is 1. The van der Waals surface area contributed by atoms with E-state index in [1.807, 2.05) is 45.0 Å². The van der Waals surface area contributed by atoms with Crippen molar-refractivity contribution in [3.63, 3.8) is 0 Å². The molecular formula is C14H21N3O2. The van der Waals surface area contributed by atoms with E-state index in [4.69, 9.17) is 10.9 Å². The zero-order valence-corrected chi connectivity index (χ0v) is 11.6. The van der Waals surface area contributed by atoms with E-state index in [0.29, 0.717) is 12.3 Å². The van der Waals surface area contributed by atoms with Gasteiger partial charge in [0.25, 0.3) is 0 Å². The van der Waals surface area contributed by atoms with Crippen LogP contribution in [0.4, 0.5) is 5.69 Å². The first-order valence-electron chi connectivity index (χ1n) is 6.30. The average Bonchev–Trinajstić information content (AvgIpc) is 2.39. The van der Waals surface area contributed by atoms with E-state index in [0.717, 1.165) is 11.3 Å². The van der Waals surface area contributed by atoms with Gasteiger partial charge in [-0.15, -0.1) is 0 Å². The Kier molecular flexibility index (Phi) is 5.36. The molecule has 0 saturated heterocycles. The van der Waals surface area contributed by atoms with E-state index in [9.17, 15) is 4.79 Å². The second-order valence-electron chi connectivity index (χ2n) is 4.99. The summed E-state index contributed by atoms with van der Waals surface area (Å²) in [6.45, 7) is 5.95. The fourth-order valence-electron chi connectivity index (χ4n) is 1.51. The van der Waals surface area contributed by atoms with Crippen molar-refractivity contribution >= 4 is 17.4 Å². The fraction of sp³-hybridized carbons (Fsp3) is 0.429. The number of carbonyl (C=O) groups is 1. The summed E-state index contributed by atoms with van der Waals surface area (Å²) in [6.07, 6.45) is 0.382. The molecule has 0 aliphatic heterocycles. The molecule has 1 aromatic carbocycles. The molecule has 1 aromatic rings. The van der Waals surface area contributed by atoms with E-state index in [1.54, 1.807) is 0 Å². The highest BCUT2D eigenvalue weighted by Crippen LogP contribution is 2.15. The van der Waals surface area contributed by atoms with Crippen LogP contribution in [0.5, 0.6) is 0 Å². The topological polar surface area (TPSA) is 87.7 Å². The van der Waals surface area contributed by atoms with Gasteiger partial charge in [0.15, 0.2) is 0 Å². The molecule has 1 amide bonds. The highest BCUT2D eigenvalue weighted by molar-refractivity contribution is 5.92. The molecule has 104 valence electrons.